The Morgan fingerprint density at radius 2 is 1.53 bits per heavy atom. The van der Waals surface area contributed by atoms with Gasteiger partial charge in [0.2, 0.25) is 5.95 Å². The van der Waals surface area contributed by atoms with Crippen LogP contribution in [0.2, 0.25) is 0 Å². The van der Waals surface area contributed by atoms with Crippen LogP contribution in [-0.4, -0.2) is 64.8 Å². The van der Waals surface area contributed by atoms with Crippen LogP contribution in [0.4, 0.5) is 28.8 Å². The number of nitrogen functional groups attached to an aromatic ring is 1. The molecule has 1 saturated heterocycles. The average molecular weight is 625 g/mol. The first kappa shape index (κ1) is 29.9. The predicted octanol–water partition coefficient (Wildman–Crippen LogP) is 5.56. The maximum Gasteiger partial charge on any atom is 0.255 e. The number of fused-ring (bicyclic) bond motifs is 1. The second-order valence-electron chi connectivity index (χ2n) is 11.9. The number of anilines is 5. The lowest BCUT2D eigenvalue weighted by atomic mass is 10.00. The number of nitrogens with two attached hydrogens (primary N) is 1. The number of amides is 2. The third kappa shape index (κ3) is 6.49. The molecule has 5 aromatic rings. The fourth-order valence-corrected chi connectivity index (χ4v) is 6.21. The number of piperazine rings is 1. The maximum absolute atomic E-state index is 13.9. The third-order valence-corrected chi connectivity index (χ3v) is 8.78. The lowest BCUT2D eigenvalue weighted by Crippen LogP contribution is -2.44. The summed E-state index contributed by atoms with van der Waals surface area (Å²) in [5.74, 6) is 0.290. The van der Waals surface area contributed by atoms with Crippen molar-refractivity contribution in [2.75, 3.05) is 54.5 Å². The number of nitrogens with zero attached hydrogens (tertiary/aromatic N) is 5. The van der Waals surface area contributed by atoms with Crippen molar-refractivity contribution in [2.24, 2.45) is 0 Å². The van der Waals surface area contributed by atoms with Gasteiger partial charge >= 0.3 is 0 Å². The molecule has 3 heterocycles. The number of carbonyl (C=O) groups excluding carboxylic acids is 2. The summed E-state index contributed by atoms with van der Waals surface area (Å²) in [6.07, 6.45) is 1.58. The second-order valence-corrected chi connectivity index (χ2v) is 11.9. The lowest BCUT2D eigenvalue weighted by molar-refractivity contribution is -0.120. The van der Waals surface area contributed by atoms with E-state index in [1.54, 1.807) is 29.3 Å². The van der Waals surface area contributed by atoms with E-state index in [0.29, 0.717) is 23.6 Å². The van der Waals surface area contributed by atoms with Gasteiger partial charge in [-0.25, -0.2) is 4.98 Å². The topological polar surface area (TPSA) is 120 Å². The molecule has 2 amide bonds. The Hall–Kier alpha value is -5.74. The van der Waals surface area contributed by atoms with E-state index in [4.69, 9.17) is 5.73 Å². The first-order valence-electron chi connectivity index (χ1n) is 15.7. The molecule has 0 unspecified atom stereocenters. The summed E-state index contributed by atoms with van der Waals surface area (Å²) in [7, 11) is 2.16. The molecular formula is C37H36N8O2. The number of benzene rings is 4. The summed E-state index contributed by atoms with van der Waals surface area (Å²) in [6, 6.07) is 32.2. The van der Waals surface area contributed by atoms with Crippen molar-refractivity contribution < 1.29 is 9.59 Å². The van der Waals surface area contributed by atoms with Gasteiger partial charge in [0, 0.05) is 61.5 Å². The van der Waals surface area contributed by atoms with E-state index in [-0.39, 0.29) is 17.8 Å². The SMILES string of the molecule is CN1CCN(c2ccc(-c3ccc4c(c3)CN([C@@H](C(=O)Nc3ccc(Nc5ccnc(N)n5)cc3)c3ccccc3)C4=O)cc2)CC1. The Morgan fingerprint density at radius 1 is 0.830 bits per heavy atom. The van der Waals surface area contributed by atoms with E-state index in [1.807, 2.05) is 54.6 Å². The highest BCUT2D eigenvalue weighted by molar-refractivity contribution is 6.04. The fraction of sp³-hybridized carbons (Fsp3) is 0.189. The standard InChI is InChI=1S/C37H36N8O2/c1-43-19-21-44(22-20-43)31-14-7-25(8-15-31)27-9-16-32-28(23-27)24-45(36(32)47)34(26-5-3-2-4-6-26)35(46)41-30-12-10-29(11-13-30)40-33-17-18-39-37(38)42-33/h2-18,23,34H,19-22,24H2,1H3,(H,41,46)(H3,38,39,40,42)/t34-/m1/s1. The normalized spacial score (nSPS) is 15.3. The zero-order valence-electron chi connectivity index (χ0n) is 26.1. The van der Waals surface area contributed by atoms with E-state index in [1.165, 1.54) is 5.69 Å². The molecule has 7 rings (SSSR count). The minimum atomic E-state index is -0.816. The molecule has 0 bridgehead atoms. The Labute approximate surface area is 273 Å². The summed E-state index contributed by atoms with van der Waals surface area (Å²) >= 11 is 0. The van der Waals surface area contributed by atoms with E-state index in [2.05, 4.69) is 67.8 Å². The molecule has 10 heteroatoms. The largest absolute Gasteiger partial charge is 0.369 e. The van der Waals surface area contributed by atoms with Gasteiger partial charge in [0.25, 0.3) is 11.8 Å². The van der Waals surface area contributed by atoms with E-state index < -0.39 is 6.04 Å². The van der Waals surface area contributed by atoms with Gasteiger partial charge in [0.1, 0.15) is 11.9 Å². The van der Waals surface area contributed by atoms with Crippen molar-refractivity contribution in [1.29, 1.82) is 0 Å². The molecule has 0 aliphatic carbocycles. The van der Waals surface area contributed by atoms with Gasteiger partial charge in [-0.15, -0.1) is 0 Å². The average Bonchev–Trinajstić information content (AvgIpc) is 3.41. The van der Waals surface area contributed by atoms with Gasteiger partial charge in [0.15, 0.2) is 0 Å². The molecule has 2 aliphatic rings. The first-order valence-corrected chi connectivity index (χ1v) is 15.7. The fourth-order valence-electron chi connectivity index (χ4n) is 6.21. The van der Waals surface area contributed by atoms with Gasteiger partial charge in [0.05, 0.1) is 0 Å². The first-order chi connectivity index (χ1) is 22.9. The molecule has 4 N–H and O–H groups in total. The van der Waals surface area contributed by atoms with Gasteiger partial charge in [-0.2, -0.15) is 4.98 Å². The van der Waals surface area contributed by atoms with Crippen LogP contribution in [0.5, 0.6) is 0 Å². The minimum Gasteiger partial charge on any atom is -0.369 e. The van der Waals surface area contributed by atoms with Crippen molar-refractivity contribution in [3.63, 3.8) is 0 Å². The molecular weight excluding hydrogens is 588 g/mol. The van der Waals surface area contributed by atoms with Gasteiger partial charge in [-0.05, 0) is 83.9 Å². The van der Waals surface area contributed by atoms with Crippen molar-refractivity contribution in [1.82, 2.24) is 19.8 Å². The summed E-state index contributed by atoms with van der Waals surface area (Å²) in [4.78, 5) is 42.2. The highest BCUT2D eigenvalue weighted by Gasteiger charge is 2.37. The number of rotatable bonds is 8. The summed E-state index contributed by atoms with van der Waals surface area (Å²) < 4.78 is 0. The van der Waals surface area contributed by atoms with Gasteiger partial charge in [-0.3, -0.25) is 9.59 Å². The van der Waals surface area contributed by atoms with Crippen LogP contribution in [0.3, 0.4) is 0 Å². The van der Waals surface area contributed by atoms with E-state index in [0.717, 1.165) is 54.1 Å². The Kier molecular flexibility index (Phi) is 8.24. The molecule has 47 heavy (non-hydrogen) atoms. The summed E-state index contributed by atoms with van der Waals surface area (Å²) in [5.41, 5.74) is 12.7. The number of aromatic nitrogens is 2. The molecule has 1 fully saturated rings. The Bertz CT molecular complexity index is 1890. The number of hydrogen-bond acceptors (Lipinski definition) is 8. The summed E-state index contributed by atoms with van der Waals surface area (Å²) in [5, 5.41) is 6.19. The maximum atomic E-state index is 13.9. The number of hydrogen-bond donors (Lipinski definition) is 3. The molecule has 4 aromatic carbocycles. The van der Waals surface area contributed by atoms with E-state index in [9.17, 15) is 9.59 Å². The van der Waals surface area contributed by atoms with Crippen LogP contribution < -0.4 is 21.3 Å². The highest BCUT2D eigenvalue weighted by atomic mass is 16.2. The molecule has 10 nitrogen and oxygen atoms in total. The smallest absolute Gasteiger partial charge is 0.255 e. The van der Waals surface area contributed by atoms with Crippen molar-refractivity contribution in [3.8, 4) is 11.1 Å². The van der Waals surface area contributed by atoms with Crippen LogP contribution >= 0.6 is 0 Å². The number of nitrogens with one attached hydrogen (secondary N) is 2. The third-order valence-electron chi connectivity index (χ3n) is 8.78. The van der Waals surface area contributed by atoms with Gasteiger partial charge < -0.3 is 31.1 Å². The van der Waals surface area contributed by atoms with Crippen LogP contribution in [0.15, 0.2) is 109 Å². The van der Waals surface area contributed by atoms with Crippen LogP contribution in [-0.2, 0) is 11.3 Å². The quantitative estimate of drug-likeness (QED) is 0.205. The predicted molar refractivity (Wildman–Crippen MR) is 185 cm³/mol. The number of carbonyl (C=O) groups is 2. The van der Waals surface area contributed by atoms with Crippen LogP contribution in [0.25, 0.3) is 11.1 Å². The van der Waals surface area contributed by atoms with Crippen LogP contribution in [0, 0.1) is 0 Å². The Morgan fingerprint density at radius 3 is 2.26 bits per heavy atom. The minimum absolute atomic E-state index is 0.162. The summed E-state index contributed by atoms with van der Waals surface area (Å²) in [6.45, 7) is 4.49. The second kappa shape index (κ2) is 12.9. The van der Waals surface area contributed by atoms with Crippen molar-refractivity contribution in [3.05, 3.63) is 126 Å². The zero-order chi connectivity index (χ0) is 32.3. The van der Waals surface area contributed by atoms with Crippen LogP contribution in [0.1, 0.15) is 27.5 Å². The molecule has 0 spiro atoms. The molecule has 236 valence electrons. The zero-order valence-corrected chi connectivity index (χ0v) is 26.1. The molecule has 0 radical (unpaired) electrons. The number of likely N-dealkylation sites (N-methyl/N-ethyl adjacent to an activating group) is 1. The van der Waals surface area contributed by atoms with E-state index >= 15 is 0 Å². The lowest BCUT2D eigenvalue weighted by Gasteiger charge is -2.34. The monoisotopic (exact) mass is 624 g/mol. The Balaban J connectivity index is 1.08. The van der Waals surface area contributed by atoms with Crippen molar-refractivity contribution >= 4 is 40.6 Å². The molecule has 0 saturated carbocycles. The molecule has 1 aromatic heterocycles. The highest BCUT2D eigenvalue weighted by Crippen LogP contribution is 2.35. The molecule has 1 atom stereocenters. The van der Waals surface area contributed by atoms with Gasteiger partial charge in [-0.1, -0.05) is 48.5 Å². The van der Waals surface area contributed by atoms with Crippen molar-refractivity contribution in [2.45, 2.75) is 12.6 Å². The molecule has 2 aliphatic heterocycles.